The Morgan fingerprint density at radius 1 is 1.11 bits per heavy atom. The van der Waals surface area contributed by atoms with Crippen LogP contribution in [0.25, 0.3) is 0 Å². The van der Waals surface area contributed by atoms with Gasteiger partial charge in [0.15, 0.2) is 0 Å². The van der Waals surface area contributed by atoms with Crippen LogP contribution < -0.4 is 4.90 Å². The number of Topliss-reactive ketones (excluding diaryl/α,β-unsaturated/α-hetero) is 1. The molecule has 0 fully saturated rings. The summed E-state index contributed by atoms with van der Waals surface area (Å²) < 4.78 is 0. The summed E-state index contributed by atoms with van der Waals surface area (Å²) >= 11 is 0. The summed E-state index contributed by atoms with van der Waals surface area (Å²) in [5.41, 5.74) is 8.60. The topological polar surface area (TPSA) is 33.2 Å². The van der Waals surface area contributed by atoms with Gasteiger partial charge < -0.3 is 4.90 Å². The normalized spacial score (nSPS) is 14.2. The van der Waals surface area contributed by atoms with Crippen molar-refractivity contribution in [3.63, 3.8) is 0 Å². The number of anilines is 1. The van der Waals surface area contributed by atoms with Gasteiger partial charge in [0.1, 0.15) is 5.78 Å². The van der Waals surface area contributed by atoms with E-state index in [1.807, 2.05) is 0 Å². The first-order valence-electron chi connectivity index (χ1n) is 9.94. The fourth-order valence-corrected chi connectivity index (χ4v) is 4.03. The minimum atomic E-state index is 0.0480. The van der Waals surface area contributed by atoms with Crippen LogP contribution in [0.5, 0.6) is 0 Å². The smallest absolute Gasteiger partial charge is 0.137 e. The highest BCUT2D eigenvalue weighted by atomic mass is 16.1. The molecule has 2 aromatic rings. The van der Waals surface area contributed by atoms with E-state index in [4.69, 9.17) is 0 Å². The van der Waals surface area contributed by atoms with Crippen LogP contribution >= 0.6 is 0 Å². The van der Waals surface area contributed by atoms with Gasteiger partial charge in [-0.05, 0) is 66.6 Å². The number of benzene rings is 1. The van der Waals surface area contributed by atoms with Gasteiger partial charge in [0, 0.05) is 49.4 Å². The molecule has 0 amide bonds. The van der Waals surface area contributed by atoms with Crippen LogP contribution in [0.1, 0.15) is 60.8 Å². The number of rotatable bonds is 4. The van der Waals surface area contributed by atoms with Crippen molar-refractivity contribution in [3.05, 3.63) is 57.9 Å². The lowest BCUT2D eigenvalue weighted by Crippen LogP contribution is -2.31. The summed E-state index contributed by atoms with van der Waals surface area (Å²) in [6.07, 6.45) is 2.16. The number of nitrogens with zero attached hydrogens (tertiary/aromatic N) is 2. The van der Waals surface area contributed by atoms with Crippen molar-refractivity contribution >= 4 is 11.5 Å². The molecule has 1 aromatic heterocycles. The highest BCUT2D eigenvalue weighted by Crippen LogP contribution is 2.29. The molecular weight excluding hydrogens is 332 g/mol. The zero-order valence-electron chi connectivity index (χ0n) is 17.6. The Kier molecular flexibility index (Phi) is 5.41. The van der Waals surface area contributed by atoms with E-state index in [-0.39, 0.29) is 5.41 Å². The molecule has 0 saturated carbocycles. The first-order chi connectivity index (χ1) is 12.6. The van der Waals surface area contributed by atoms with Crippen molar-refractivity contribution < 1.29 is 4.79 Å². The van der Waals surface area contributed by atoms with Gasteiger partial charge in [0.25, 0.3) is 0 Å². The number of aromatic nitrogens is 1. The van der Waals surface area contributed by atoms with Gasteiger partial charge >= 0.3 is 0 Å². The van der Waals surface area contributed by atoms with E-state index in [9.17, 15) is 4.79 Å². The molecule has 27 heavy (non-hydrogen) atoms. The third kappa shape index (κ3) is 4.77. The fraction of sp³-hybridized carbons (Fsp3) is 0.500. The number of fused-ring (bicyclic) bond motifs is 1. The van der Waals surface area contributed by atoms with Gasteiger partial charge in [-0.1, -0.05) is 26.8 Å². The highest BCUT2D eigenvalue weighted by molar-refractivity contribution is 5.82. The summed E-state index contributed by atoms with van der Waals surface area (Å²) in [5, 5.41) is 0. The lowest BCUT2D eigenvalue weighted by molar-refractivity contribution is -0.120. The molecule has 1 aliphatic rings. The van der Waals surface area contributed by atoms with Crippen LogP contribution in [-0.4, -0.2) is 17.3 Å². The predicted molar refractivity (Wildman–Crippen MR) is 112 cm³/mol. The molecule has 3 nitrogen and oxygen atoms in total. The van der Waals surface area contributed by atoms with Crippen molar-refractivity contribution in [2.24, 2.45) is 5.41 Å². The highest BCUT2D eigenvalue weighted by Gasteiger charge is 2.21. The third-order valence-electron chi connectivity index (χ3n) is 5.33. The first kappa shape index (κ1) is 19.6. The average molecular weight is 365 g/mol. The molecule has 0 N–H and O–H groups in total. The largest absolute Gasteiger partial charge is 0.367 e. The van der Waals surface area contributed by atoms with Crippen LogP contribution in [0.2, 0.25) is 0 Å². The minimum absolute atomic E-state index is 0.0480. The summed E-state index contributed by atoms with van der Waals surface area (Å²) in [6.45, 7) is 14.6. The molecule has 0 saturated heterocycles. The molecule has 1 aliphatic heterocycles. The van der Waals surface area contributed by atoms with E-state index in [1.165, 1.54) is 33.6 Å². The van der Waals surface area contributed by atoms with Gasteiger partial charge in [0.2, 0.25) is 0 Å². The van der Waals surface area contributed by atoms with Crippen molar-refractivity contribution in [3.8, 4) is 0 Å². The van der Waals surface area contributed by atoms with Gasteiger partial charge in [-0.2, -0.15) is 0 Å². The number of carbonyl (C=O) groups is 1. The Morgan fingerprint density at radius 2 is 1.78 bits per heavy atom. The van der Waals surface area contributed by atoms with Crippen LogP contribution in [0.15, 0.2) is 24.3 Å². The molecule has 0 radical (unpaired) electrons. The number of aryl methyl sites for hydroxylation is 3. The summed E-state index contributed by atoms with van der Waals surface area (Å²) in [6, 6.07) is 8.81. The minimum Gasteiger partial charge on any atom is -0.367 e. The Hall–Kier alpha value is -2.16. The lowest BCUT2D eigenvalue weighted by Gasteiger charge is -2.31. The van der Waals surface area contributed by atoms with E-state index in [0.717, 1.165) is 25.2 Å². The van der Waals surface area contributed by atoms with Gasteiger partial charge in [-0.25, -0.2) is 0 Å². The molecule has 1 aromatic carbocycles. The van der Waals surface area contributed by atoms with Gasteiger partial charge in [-0.3, -0.25) is 9.78 Å². The van der Waals surface area contributed by atoms with Crippen molar-refractivity contribution in [2.75, 3.05) is 11.4 Å². The van der Waals surface area contributed by atoms with Crippen LogP contribution in [0.4, 0.5) is 5.69 Å². The Morgan fingerprint density at radius 3 is 2.41 bits per heavy atom. The second kappa shape index (κ2) is 7.46. The molecule has 0 bridgehead atoms. The maximum absolute atomic E-state index is 12.5. The predicted octanol–water partition coefficient (Wildman–Crippen LogP) is 5.12. The monoisotopic (exact) mass is 364 g/mol. The molecule has 2 heterocycles. The quantitative estimate of drug-likeness (QED) is 0.755. The summed E-state index contributed by atoms with van der Waals surface area (Å²) in [4.78, 5) is 19.6. The molecule has 3 rings (SSSR count). The molecule has 144 valence electrons. The van der Waals surface area contributed by atoms with Gasteiger partial charge in [0.05, 0.1) is 0 Å². The molecular formula is C24H32N2O. The molecule has 0 atom stereocenters. The number of pyridine rings is 1. The standard InChI is InChI=1S/C24H32N2O/c1-16-11-20(12-17(2)22(16)13-21(27)14-24(4,5)6)26-10-9-23-19(15-26)8-7-18(3)25-23/h7-8,11-12H,9-10,13-15H2,1-6H3. The zero-order valence-corrected chi connectivity index (χ0v) is 17.6. The Labute approximate surface area is 163 Å². The van der Waals surface area contributed by atoms with E-state index in [2.05, 4.69) is 75.7 Å². The molecule has 0 spiro atoms. The molecule has 0 aliphatic carbocycles. The number of carbonyl (C=O) groups excluding carboxylic acids is 1. The lowest BCUT2D eigenvalue weighted by atomic mass is 9.86. The summed E-state index contributed by atoms with van der Waals surface area (Å²) in [7, 11) is 0. The second-order valence-electron chi connectivity index (χ2n) is 9.24. The molecule has 0 unspecified atom stereocenters. The zero-order chi connectivity index (χ0) is 19.8. The van der Waals surface area contributed by atoms with E-state index in [0.29, 0.717) is 18.6 Å². The molecule has 3 heteroatoms. The van der Waals surface area contributed by atoms with Crippen molar-refractivity contribution in [2.45, 2.75) is 67.3 Å². The Balaban J connectivity index is 1.79. The van der Waals surface area contributed by atoms with Crippen molar-refractivity contribution in [1.29, 1.82) is 0 Å². The Bertz CT molecular complexity index is 838. The maximum Gasteiger partial charge on any atom is 0.137 e. The van der Waals surface area contributed by atoms with E-state index in [1.54, 1.807) is 0 Å². The van der Waals surface area contributed by atoms with Gasteiger partial charge in [-0.15, -0.1) is 0 Å². The summed E-state index contributed by atoms with van der Waals surface area (Å²) in [5.74, 6) is 0.329. The maximum atomic E-state index is 12.5. The van der Waals surface area contributed by atoms with Crippen LogP contribution in [0.3, 0.4) is 0 Å². The first-order valence-corrected chi connectivity index (χ1v) is 9.94. The average Bonchev–Trinajstić information content (AvgIpc) is 2.56. The van der Waals surface area contributed by atoms with Crippen LogP contribution in [-0.2, 0) is 24.2 Å². The van der Waals surface area contributed by atoms with Crippen LogP contribution in [0, 0.1) is 26.2 Å². The van der Waals surface area contributed by atoms with Crippen molar-refractivity contribution in [1.82, 2.24) is 4.98 Å². The van der Waals surface area contributed by atoms with E-state index < -0.39 is 0 Å². The third-order valence-corrected chi connectivity index (χ3v) is 5.33. The SMILES string of the molecule is Cc1ccc2c(n1)CCN(c1cc(C)c(CC(=O)CC(C)(C)C)c(C)c1)C2. The number of ketones is 1. The second-order valence-corrected chi connectivity index (χ2v) is 9.24. The fourth-order valence-electron chi connectivity index (χ4n) is 4.03. The number of hydrogen-bond donors (Lipinski definition) is 0. The number of hydrogen-bond acceptors (Lipinski definition) is 3. The van der Waals surface area contributed by atoms with E-state index >= 15 is 0 Å².